The average Bonchev–Trinajstić information content (AvgIpc) is 1.69. The molecule has 0 aliphatic rings. The predicted octanol–water partition coefficient (Wildman–Crippen LogP) is -1.10. The zero-order chi connectivity index (χ0) is 5.54. The molecule has 0 aromatic rings. The van der Waals surface area contributed by atoms with E-state index >= 15 is 0 Å². The van der Waals surface area contributed by atoms with Crippen LogP contribution < -0.4 is 21.2 Å². The molecular formula is C6H14I-. The molecule has 0 saturated heterocycles. The Morgan fingerprint density at radius 2 is 1.43 bits per heavy atom. The summed E-state index contributed by atoms with van der Waals surface area (Å²) in [4.78, 5) is 0. The van der Waals surface area contributed by atoms with E-state index in [4.69, 9.17) is 0 Å². The van der Waals surface area contributed by atoms with E-state index < -0.39 is 0 Å². The van der Waals surface area contributed by atoms with Crippen LogP contribution in [0.25, 0.3) is 0 Å². The topological polar surface area (TPSA) is 0 Å². The molecule has 0 radical (unpaired) electrons. The second-order valence-corrected chi connectivity index (χ2v) is 4.80. The molecule has 0 aromatic heterocycles. The van der Waals surface area contributed by atoms with Crippen molar-refractivity contribution in [1.29, 1.82) is 0 Å². The van der Waals surface area contributed by atoms with Crippen LogP contribution in [0.15, 0.2) is 0 Å². The molecule has 0 unspecified atom stereocenters. The second-order valence-electron chi connectivity index (χ2n) is 1.57. The Morgan fingerprint density at radius 1 is 1.00 bits per heavy atom. The Kier molecular flexibility index (Phi) is 7.43. The fraction of sp³-hybridized carbons (Fsp3) is 1.00. The van der Waals surface area contributed by atoms with Crippen molar-refractivity contribution >= 4 is 0 Å². The molecule has 0 atom stereocenters. The molecule has 0 fully saturated rings. The van der Waals surface area contributed by atoms with Crippen molar-refractivity contribution in [1.82, 2.24) is 0 Å². The van der Waals surface area contributed by atoms with Crippen molar-refractivity contribution in [3.8, 4) is 0 Å². The van der Waals surface area contributed by atoms with Crippen molar-refractivity contribution in [3.05, 3.63) is 0 Å². The van der Waals surface area contributed by atoms with E-state index in [0.717, 1.165) is 0 Å². The maximum atomic E-state index is 2.27. The molecule has 0 rings (SSSR count). The van der Waals surface area contributed by atoms with Crippen LogP contribution in [0.3, 0.4) is 0 Å². The van der Waals surface area contributed by atoms with Crippen molar-refractivity contribution < 1.29 is 21.2 Å². The molecule has 0 bridgehead atoms. The van der Waals surface area contributed by atoms with Gasteiger partial charge in [0.1, 0.15) is 0 Å². The predicted molar refractivity (Wildman–Crippen MR) is 30.3 cm³/mol. The van der Waals surface area contributed by atoms with Gasteiger partial charge in [-0.25, -0.2) is 0 Å². The van der Waals surface area contributed by atoms with Gasteiger partial charge in [0, 0.05) is 0 Å². The molecule has 0 N–H and O–H groups in total. The van der Waals surface area contributed by atoms with Crippen molar-refractivity contribution in [2.45, 2.75) is 26.7 Å². The van der Waals surface area contributed by atoms with E-state index in [-0.39, 0.29) is 0 Å². The molecule has 1 heteroatoms. The van der Waals surface area contributed by atoms with E-state index in [0.29, 0.717) is 21.2 Å². The molecule has 0 heterocycles. The Morgan fingerprint density at radius 3 is 1.71 bits per heavy atom. The third kappa shape index (κ3) is 6.73. The Bertz CT molecular complexity index is 23.4. The van der Waals surface area contributed by atoms with Gasteiger partial charge in [0.25, 0.3) is 0 Å². The van der Waals surface area contributed by atoms with E-state index in [2.05, 4.69) is 13.8 Å². The Balaban J connectivity index is 2.45. The minimum atomic E-state index is 0.625. The van der Waals surface area contributed by atoms with Crippen LogP contribution in [0.4, 0.5) is 0 Å². The number of halogens is 1. The summed E-state index contributed by atoms with van der Waals surface area (Å²) in [6.45, 7) is 4.55. The van der Waals surface area contributed by atoms with Crippen LogP contribution in [0, 0.1) is 0 Å². The van der Waals surface area contributed by atoms with Crippen LogP contribution in [0.1, 0.15) is 26.7 Å². The first-order valence-electron chi connectivity index (χ1n) is 2.95. The first kappa shape index (κ1) is 7.73. The van der Waals surface area contributed by atoms with Gasteiger partial charge < -0.3 is 0 Å². The van der Waals surface area contributed by atoms with Gasteiger partial charge in [-0.2, -0.15) is 0 Å². The summed E-state index contributed by atoms with van der Waals surface area (Å²) in [5, 5.41) is 0. The first-order valence-corrected chi connectivity index (χ1v) is 6.00. The fourth-order valence-corrected chi connectivity index (χ4v) is 2.43. The number of hydrogen-bond acceptors (Lipinski definition) is 0. The fourth-order valence-electron chi connectivity index (χ4n) is 0.362. The summed E-state index contributed by atoms with van der Waals surface area (Å²) < 4.78 is 3.07. The summed E-state index contributed by atoms with van der Waals surface area (Å²) in [7, 11) is 0. The van der Waals surface area contributed by atoms with Crippen LogP contribution in [0.2, 0.25) is 0 Å². The molecule has 0 amide bonds. The van der Waals surface area contributed by atoms with Crippen LogP contribution in [0.5, 0.6) is 0 Å². The van der Waals surface area contributed by atoms with Gasteiger partial charge in [-0.05, 0) is 0 Å². The van der Waals surface area contributed by atoms with Crippen molar-refractivity contribution in [2.75, 3.05) is 8.86 Å². The molecular weight excluding hydrogens is 199 g/mol. The van der Waals surface area contributed by atoms with Gasteiger partial charge in [0.05, 0.1) is 0 Å². The standard InChI is InChI=1S/C6H14I/c1-3-5-7-6-4-2/h3-6H2,1-2H3/q-1. The average molecular weight is 213 g/mol. The van der Waals surface area contributed by atoms with Crippen LogP contribution in [-0.2, 0) is 0 Å². The molecule has 0 nitrogen and oxygen atoms in total. The van der Waals surface area contributed by atoms with Gasteiger partial charge in [0.2, 0.25) is 0 Å². The second kappa shape index (κ2) is 6.73. The van der Waals surface area contributed by atoms with Crippen LogP contribution in [-0.4, -0.2) is 8.86 Å². The summed E-state index contributed by atoms with van der Waals surface area (Å²) in [5.74, 6) is 0. The Hall–Kier alpha value is 0.730. The molecule has 0 spiro atoms. The van der Waals surface area contributed by atoms with Gasteiger partial charge >= 0.3 is 56.7 Å². The monoisotopic (exact) mass is 213 g/mol. The van der Waals surface area contributed by atoms with Gasteiger partial charge in [0.15, 0.2) is 0 Å². The molecule has 0 saturated carbocycles. The van der Waals surface area contributed by atoms with E-state index in [9.17, 15) is 0 Å². The van der Waals surface area contributed by atoms with Gasteiger partial charge in [-0.3, -0.25) is 0 Å². The summed E-state index contributed by atoms with van der Waals surface area (Å²) in [6, 6.07) is 0. The molecule has 0 aromatic carbocycles. The van der Waals surface area contributed by atoms with Crippen molar-refractivity contribution in [2.24, 2.45) is 0 Å². The maximum absolute atomic E-state index is 2.27. The molecule has 0 aliphatic heterocycles. The van der Waals surface area contributed by atoms with E-state index in [1.54, 1.807) is 0 Å². The van der Waals surface area contributed by atoms with Gasteiger partial charge in [-0.15, -0.1) is 0 Å². The number of alkyl halides is 2. The van der Waals surface area contributed by atoms with E-state index in [1.807, 2.05) is 0 Å². The minimum absolute atomic E-state index is 0.625. The third-order valence-corrected chi connectivity index (χ3v) is 4.33. The summed E-state index contributed by atoms with van der Waals surface area (Å²) in [6.07, 6.45) is 2.82. The molecule has 7 heavy (non-hydrogen) atoms. The Labute approximate surface area is 56.9 Å². The zero-order valence-corrected chi connectivity index (χ0v) is 7.36. The third-order valence-electron chi connectivity index (χ3n) is 0.645. The quantitative estimate of drug-likeness (QED) is 0.316. The summed E-state index contributed by atoms with van der Waals surface area (Å²) in [5.41, 5.74) is 0. The molecule has 0 aliphatic carbocycles. The van der Waals surface area contributed by atoms with Gasteiger partial charge in [-0.1, -0.05) is 0 Å². The first-order chi connectivity index (χ1) is 3.41. The van der Waals surface area contributed by atoms with Crippen molar-refractivity contribution in [3.63, 3.8) is 0 Å². The SMILES string of the molecule is CCC[I-]CCC. The van der Waals surface area contributed by atoms with Crippen LogP contribution >= 0.6 is 0 Å². The molecule has 46 valence electrons. The normalized spacial score (nSPS) is 10.0. The number of rotatable bonds is 4. The number of hydrogen-bond donors (Lipinski definition) is 0. The zero-order valence-electron chi connectivity index (χ0n) is 5.21. The summed E-state index contributed by atoms with van der Waals surface area (Å²) >= 11 is 0.625. The van der Waals surface area contributed by atoms with E-state index in [1.165, 1.54) is 21.7 Å².